The van der Waals surface area contributed by atoms with Gasteiger partial charge in [-0.15, -0.1) is 0 Å². The molecule has 0 rings (SSSR count). The predicted molar refractivity (Wildman–Crippen MR) is 53.1 cm³/mol. The molecule has 4 N–H and O–H groups in total. The van der Waals surface area contributed by atoms with Gasteiger partial charge >= 0.3 is 18.1 Å². The molecule has 0 aliphatic carbocycles. The second-order valence-corrected chi connectivity index (χ2v) is 2.44. The number of amides is 3. The van der Waals surface area contributed by atoms with Crippen LogP contribution in [0.2, 0.25) is 0 Å². The Morgan fingerprint density at radius 2 is 2.00 bits per heavy atom. The number of rotatable bonds is 4. The van der Waals surface area contributed by atoms with Crippen LogP contribution in [0.1, 0.15) is 6.92 Å². The summed E-state index contributed by atoms with van der Waals surface area (Å²) in [7, 11) is 0. The van der Waals surface area contributed by atoms with E-state index in [1.807, 2.05) is 5.32 Å². The number of ether oxygens (including phenoxy) is 1. The van der Waals surface area contributed by atoms with Crippen molar-refractivity contribution in [3.05, 3.63) is 11.8 Å². The number of primary amides is 1. The van der Waals surface area contributed by atoms with E-state index >= 15 is 0 Å². The van der Waals surface area contributed by atoms with Crippen molar-refractivity contribution >= 4 is 24.4 Å². The lowest BCUT2D eigenvalue weighted by Crippen LogP contribution is -2.33. The summed E-state index contributed by atoms with van der Waals surface area (Å²) in [4.78, 5) is 46.6. The topological polar surface area (TPSA) is 137 Å². The van der Waals surface area contributed by atoms with E-state index in [4.69, 9.17) is 0 Å². The Balaban J connectivity index is 4.34. The van der Waals surface area contributed by atoms with Gasteiger partial charge in [0.25, 0.3) is 0 Å². The first-order chi connectivity index (χ1) is 8.01. The van der Waals surface area contributed by atoms with Crippen molar-refractivity contribution in [2.75, 3.05) is 6.61 Å². The van der Waals surface area contributed by atoms with E-state index in [1.165, 1.54) is 5.48 Å². The number of alkyl carbamates (subject to hydrolysis) is 1. The maximum atomic E-state index is 11.1. The minimum absolute atomic E-state index is 0.122. The molecule has 0 saturated heterocycles. The highest BCUT2D eigenvalue weighted by atomic mass is 16.7. The third kappa shape index (κ3) is 6.49. The van der Waals surface area contributed by atoms with Gasteiger partial charge in [0, 0.05) is 6.20 Å². The first kappa shape index (κ1) is 14.4. The molecule has 0 spiro atoms. The summed E-state index contributed by atoms with van der Waals surface area (Å²) in [5.41, 5.74) is 5.60. The van der Waals surface area contributed by atoms with E-state index in [2.05, 4.69) is 15.3 Å². The molecule has 9 heteroatoms. The van der Waals surface area contributed by atoms with Crippen LogP contribution >= 0.6 is 0 Å². The van der Waals surface area contributed by atoms with Crippen LogP contribution in [0.15, 0.2) is 11.8 Å². The minimum atomic E-state index is -1.18. The van der Waals surface area contributed by atoms with Crippen LogP contribution in [-0.2, 0) is 19.2 Å². The number of nitrogens with one attached hydrogen (secondary N) is 2. The molecule has 0 heterocycles. The van der Waals surface area contributed by atoms with Gasteiger partial charge in [-0.3, -0.25) is 10.1 Å². The highest BCUT2D eigenvalue weighted by Gasteiger charge is 2.12. The maximum absolute atomic E-state index is 11.1. The molecule has 0 radical (unpaired) electrons. The van der Waals surface area contributed by atoms with Crippen molar-refractivity contribution in [3.63, 3.8) is 0 Å². The van der Waals surface area contributed by atoms with Crippen molar-refractivity contribution in [3.8, 4) is 0 Å². The normalized spacial score (nSPS) is 10.1. The number of aldehydes is 1. The van der Waals surface area contributed by atoms with E-state index < -0.39 is 23.7 Å². The van der Waals surface area contributed by atoms with Gasteiger partial charge < -0.3 is 15.3 Å². The molecule has 0 aromatic carbocycles. The molecule has 94 valence electrons. The molecule has 0 saturated carbocycles. The quantitative estimate of drug-likeness (QED) is 0.190. The highest BCUT2D eigenvalue weighted by molar-refractivity contribution is 6.07. The Morgan fingerprint density at radius 1 is 1.35 bits per heavy atom. The number of hydroxylamine groups is 1. The van der Waals surface area contributed by atoms with Crippen molar-refractivity contribution in [1.29, 1.82) is 0 Å². The largest absolute Gasteiger partial charge is 0.450 e. The van der Waals surface area contributed by atoms with Crippen LogP contribution in [0, 0.1) is 0 Å². The molecule has 0 bridgehead atoms. The molecule has 0 aromatic heterocycles. The average molecular weight is 245 g/mol. The first-order valence-electron chi connectivity index (χ1n) is 4.36. The Hall–Kier alpha value is -2.58. The first-order valence-corrected chi connectivity index (χ1v) is 4.36. The molecule has 0 atom stereocenters. The lowest BCUT2D eigenvalue weighted by molar-refractivity contribution is -0.144. The number of urea groups is 1. The summed E-state index contributed by atoms with van der Waals surface area (Å²) in [6.07, 6.45) is 0.0512. The van der Waals surface area contributed by atoms with Crippen LogP contribution in [0.5, 0.6) is 0 Å². The lowest BCUT2D eigenvalue weighted by Gasteiger charge is -2.03. The predicted octanol–water partition coefficient (Wildman–Crippen LogP) is -1.06. The molecule has 9 nitrogen and oxygen atoms in total. The summed E-state index contributed by atoms with van der Waals surface area (Å²) in [6.45, 7) is 1.71. The molecule has 3 amide bonds. The van der Waals surface area contributed by atoms with Crippen LogP contribution < -0.4 is 16.5 Å². The average Bonchev–Trinajstić information content (AvgIpc) is 2.27. The zero-order chi connectivity index (χ0) is 13.3. The molecular formula is C8H11N3O6. The van der Waals surface area contributed by atoms with Gasteiger partial charge in [0.05, 0.1) is 6.61 Å². The third-order valence-corrected chi connectivity index (χ3v) is 1.23. The van der Waals surface area contributed by atoms with Crippen molar-refractivity contribution in [2.45, 2.75) is 6.92 Å². The summed E-state index contributed by atoms with van der Waals surface area (Å²) < 4.78 is 4.46. The second-order valence-electron chi connectivity index (χ2n) is 2.44. The van der Waals surface area contributed by atoms with E-state index in [9.17, 15) is 19.2 Å². The molecule has 0 unspecified atom stereocenters. The fourth-order valence-corrected chi connectivity index (χ4v) is 0.606. The van der Waals surface area contributed by atoms with Crippen LogP contribution in [0.25, 0.3) is 0 Å². The summed E-state index contributed by atoms with van der Waals surface area (Å²) in [5.74, 6) is -1.18. The summed E-state index contributed by atoms with van der Waals surface area (Å²) >= 11 is 0. The van der Waals surface area contributed by atoms with Gasteiger partial charge in [-0.1, -0.05) is 0 Å². The third-order valence-electron chi connectivity index (χ3n) is 1.23. The smallest absolute Gasteiger partial charge is 0.411 e. The van der Waals surface area contributed by atoms with Gasteiger partial charge in [-0.25, -0.2) is 14.4 Å². The molecule has 0 aliphatic rings. The van der Waals surface area contributed by atoms with Crippen molar-refractivity contribution in [2.24, 2.45) is 5.73 Å². The number of hydrogen-bond donors (Lipinski definition) is 3. The number of nitrogens with two attached hydrogens (primary N) is 1. The Labute approximate surface area is 95.9 Å². The summed E-state index contributed by atoms with van der Waals surface area (Å²) in [5, 5.41) is 2.00. The SMILES string of the molecule is CCOC(=O)NC=C(C=O)C(=O)ONC(N)=O. The molecule has 0 aromatic rings. The van der Waals surface area contributed by atoms with Gasteiger partial charge in [-0.2, -0.15) is 5.48 Å². The van der Waals surface area contributed by atoms with Crippen molar-refractivity contribution in [1.82, 2.24) is 10.8 Å². The van der Waals surface area contributed by atoms with Gasteiger partial charge in [0.1, 0.15) is 5.57 Å². The highest BCUT2D eigenvalue weighted by Crippen LogP contribution is 1.91. The van der Waals surface area contributed by atoms with Crippen LogP contribution in [0.3, 0.4) is 0 Å². The second kappa shape index (κ2) is 7.68. The van der Waals surface area contributed by atoms with Crippen LogP contribution in [-0.4, -0.2) is 31.0 Å². The van der Waals surface area contributed by atoms with Gasteiger partial charge in [0.15, 0.2) is 6.29 Å². The standard InChI is InChI=1S/C8H11N3O6/c1-2-16-8(15)10-3-5(4-12)6(13)17-11-7(9)14/h3-4H,2H2,1H3,(H,10,15)(H3,9,11,14). The van der Waals surface area contributed by atoms with Crippen LogP contribution in [0.4, 0.5) is 9.59 Å². The fraction of sp³-hybridized carbons (Fsp3) is 0.250. The molecule has 0 fully saturated rings. The zero-order valence-corrected chi connectivity index (χ0v) is 8.89. The van der Waals surface area contributed by atoms with Crippen molar-refractivity contribution < 1.29 is 28.8 Å². The molecular weight excluding hydrogens is 234 g/mol. The summed E-state index contributed by atoms with van der Waals surface area (Å²) in [6, 6.07) is -1.11. The molecule has 0 aliphatic heterocycles. The van der Waals surface area contributed by atoms with Gasteiger partial charge in [0.2, 0.25) is 0 Å². The Kier molecular flexibility index (Phi) is 6.51. The van der Waals surface area contributed by atoms with Gasteiger partial charge in [-0.05, 0) is 6.92 Å². The molecule has 17 heavy (non-hydrogen) atoms. The lowest BCUT2D eigenvalue weighted by atomic mass is 10.3. The number of carbonyl (C=O) groups is 4. The minimum Gasteiger partial charge on any atom is -0.450 e. The maximum Gasteiger partial charge on any atom is 0.411 e. The Bertz CT molecular complexity index is 351. The fourth-order valence-electron chi connectivity index (χ4n) is 0.606. The number of hydrogen-bond acceptors (Lipinski definition) is 6. The van der Waals surface area contributed by atoms with E-state index in [-0.39, 0.29) is 12.9 Å². The Morgan fingerprint density at radius 3 is 2.47 bits per heavy atom. The number of carbonyl (C=O) groups excluding carboxylic acids is 4. The van der Waals surface area contributed by atoms with E-state index in [0.29, 0.717) is 0 Å². The monoisotopic (exact) mass is 245 g/mol. The zero-order valence-electron chi connectivity index (χ0n) is 8.89. The van der Waals surface area contributed by atoms with E-state index in [1.54, 1.807) is 6.92 Å². The van der Waals surface area contributed by atoms with E-state index in [0.717, 1.165) is 6.20 Å².